The lowest BCUT2D eigenvalue weighted by atomic mass is 10.2. The number of unbranched alkanes of at least 4 members (excludes halogenated alkanes) is 1. The molecule has 0 radical (unpaired) electrons. The lowest BCUT2D eigenvalue weighted by Gasteiger charge is -2.14. The summed E-state index contributed by atoms with van der Waals surface area (Å²) >= 11 is 0. The van der Waals surface area contributed by atoms with E-state index in [2.05, 4.69) is 10.1 Å². The Bertz CT molecular complexity index is 377. The molecule has 1 amide bonds. The van der Waals surface area contributed by atoms with E-state index < -0.39 is 32.7 Å². The lowest BCUT2D eigenvalue weighted by molar-refractivity contribution is -0.140. The molecule has 0 aromatic rings. The minimum absolute atomic E-state index is 0.185. The van der Waals surface area contributed by atoms with Gasteiger partial charge < -0.3 is 10.1 Å². The normalized spacial score (nSPS) is 12.8. The molecule has 0 saturated carbocycles. The van der Waals surface area contributed by atoms with E-state index in [-0.39, 0.29) is 6.42 Å². The average molecular weight is 279 g/mol. The zero-order valence-electron chi connectivity index (χ0n) is 11.1. The van der Waals surface area contributed by atoms with Gasteiger partial charge >= 0.3 is 5.97 Å². The number of carbonyl (C=O) groups is 2. The second-order valence-corrected chi connectivity index (χ2v) is 6.10. The molecule has 106 valence electrons. The van der Waals surface area contributed by atoms with E-state index in [1.54, 1.807) is 6.92 Å². The van der Waals surface area contributed by atoms with Crippen LogP contribution < -0.4 is 5.32 Å². The van der Waals surface area contributed by atoms with E-state index in [0.717, 1.165) is 13.5 Å². The molecule has 1 N–H and O–H groups in total. The highest BCUT2D eigenvalue weighted by molar-refractivity contribution is 7.93. The molecule has 0 fully saturated rings. The monoisotopic (exact) mass is 279 g/mol. The molecular weight excluding hydrogens is 258 g/mol. The molecule has 18 heavy (non-hydrogen) atoms. The first kappa shape index (κ1) is 16.9. The fraction of sp³-hybridized carbons (Fsp3) is 0.818. The Kier molecular flexibility index (Phi) is 7.58. The van der Waals surface area contributed by atoms with Gasteiger partial charge in [0.25, 0.3) is 0 Å². The summed E-state index contributed by atoms with van der Waals surface area (Å²) in [7, 11) is -2.67. The SMILES string of the molecule is CCCCC(C(=O)OC)S(=O)(=O)CC(=O)NCC. The van der Waals surface area contributed by atoms with E-state index in [0.29, 0.717) is 13.0 Å². The van der Waals surface area contributed by atoms with Gasteiger partial charge in [-0.1, -0.05) is 19.8 Å². The zero-order valence-corrected chi connectivity index (χ0v) is 11.9. The van der Waals surface area contributed by atoms with Crippen LogP contribution in [0, 0.1) is 0 Å². The number of hydrogen-bond donors (Lipinski definition) is 1. The van der Waals surface area contributed by atoms with Crippen molar-refractivity contribution in [1.29, 1.82) is 0 Å². The van der Waals surface area contributed by atoms with Crippen LogP contribution in [0.25, 0.3) is 0 Å². The molecule has 6 nitrogen and oxygen atoms in total. The highest BCUT2D eigenvalue weighted by Gasteiger charge is 2.34. The van der Waals surface area contributed by atoms with Crippen LogP contribution >= 0.6 is 0 Å². The Labute approximate surface area is 108 Å². The van der Waals surface area contributed by atoms with E-state index in [9.17, 15) is 18.0 Å². The summed E-state index contributed by atoms with van der Waals surface area (Å²) in [6.45, 7) is 3.94. The van der Waals surface area contributed by atoms with Crippen LogP contribution in [-0.2, 0) is 24.2 Å². The highest BCUT2D eigenvalue weighted by atomic mass is 32.2. The Morgan fingerprint density at radius 1 is 1.28 bits per heavy atom. The van der Waals surface area contributed by atoms with Gasteiger partial charge in [-0.05, 0) is 13.3 Å². The maximum Gasteiger partial charge on any atom is 0.324 e. The van der Waals surface area contributed by atoms with Gasteiger partial charge in [-0.2, -0.15) is 0 Å². The predicted octanol–water partition coefficient (Wildman–Crippen LogP) is 0.269. The Morgan fingerprint density at radius 2 is 1.89 bits per heavy atom. The summed E-state index contributed by atoms with van der Waals surface area (Å²) < 4.78 is 28.4. The number of ether oxygens (including phenoxy) is 1. The smallest absolute Gasteiger partial charge is 0.324 e. The molecule has 0 aliphatic rings. The van der Waals surface area contributed by atoms with Gasteiger partial charge in [-0.15, -0.1) is 0 Å². The summed E-state index contributed by atoms with van der Waals surface area (Å²) in [4.78, 5) is 22.8. The van der Waals surface area contributed by atoms with E-state index >= 15 is 0 Å². The molecule has 0 saturated heterocycles. The van der Waals surface area contributed by atoms with Crippen LogP contribution in [0.5, 0.6) is 0 Å². The van der Waals surface area contributed by atoms with Gasteiger partial charge in [-0.3, -0.25) is 9.59 Å². The van der Waals surface area contributed by atoms with Crippen molar-refractivity contribution in [2.24, 2.45) is 0 Å². The third-order valence-corrected chi connectivity index (χ3v) is 4.38. The number of amides is 1. The molecule has 1 atom stereocenters. The molecule has 0 rings (SSSR count). The van der Waals surface area contributed by atoms with Gasteiger partial charge in [0.1, 0.15) is 5.75 Å². The lowest BCUT2D eigenvalue weighted by Crippen LogP contribution is -2.39. The molecule has 0 bridgehead atoms. The van der Waals surface area contributed by atoms with Crippen molar-refractivity contribution < 1.29 is 22.7 Å². The van der Waals surface area contributed by atoms with Crippen LogP contribution in [0.4, 0.5) is 0 Å². The number of nitrogens with one attached hydrogen (secondary N) is 1. The van der Waals surface area contributed by atoms with Crippen LogP contribution in [0.1, 0.15) is 33.1 Å². The largest absolute Gasteiger partial charge is 0.468 e. The van der Waals surface area contributed by atoms with Crippen molar-refractivity contribution in [3.63, 3.8) is 0 Å². The summed E-state index contributed by atoms with van der Waals surface area (Å²) in [6.07, 6.45) is 1.55. The van der Waals surface area contributed by atoms with Crippen molar-refractivity contribution in [2.75, 3.05) is 19.4 Å². The van der Waals surface area contributed by atoms with Crippen molar-refractivity contribution in [2.45, 2.75) is 38.4 Å². The molecule has 0 heterocycles. The van der Waals surface area contributed by atoms with E-state index in [4.69, 9.17) is 0 Å². The van der Waals surface area contributed by atoms with Crippen LogP contribution in [-0.4, -0.2) is 45.0 Å². The Balaban J connectivity index is 4.85. The Hall–Kier alpha value is -1.11. The Morgan fingerprint density at radius 3 is 2.33 bits per heavy atom. The molecule has 7 heteroatoms. The maximum absolute atomic E-state index is 12.0. The predicted molar refractivity (Wildman–Crippen MR) is 67.8 cm³/mol. The molecule has 0 aromatic heterocycles. The molecular formula is C11H21NO5S. The summed E-state index contributed by atoms with van der Waals surface area (Å²) in [5, 5.41) is 1.15. The van der Waals surface area contributed by atoms with Crippen LogP contribution in [0.3, 0.4) is 0 Å². The topological polar surface area (TPSA) is 89.5 Å². The third kappa shape index (κ3) is 5.48. The fourth-order valence-corrected chi connectivity index (χ4v) is 3.08. The molecule has 0 aromatic carbocycles. The molecule has 1 unspecified atom stereocenters. The number of carbonyl (C=O) groups excluding carboxylic acids is 2. The average Bonchev–Trinajstić information content (AvgIpc) is 2.28. The van der Waals surface area contributed by atoms with Gasteiger partial charge in [-0.25, -0.2) is 8.42 Å². The van der Waals surface area contributed by atoms with Crippen LogP contribution in [0.2, 0.25) is 0 Å². The molecule has 0 aliphatic heterocycles. The number of rotatable bonds is 8. The van der Waals surface area contributed by atoms with E-state index in [1.807, 2.05) is 6.92 Å². The summed E-state index contributed by atoms with van der Waals surface area (Å²) in [5.74, 6) is -2.07. The minimum Gasteiger partial charge on any atom is -0.468 e. The van der Waals surface area contributed by atoms with Gasteiger partial charge in [0.05, 0.1) is 7.11 Å². The second-order valence-electron chi connectivity index (χ2n) is 3.91. The summed E-state index contributed by atoms with van der Waals surface area (Å²) in [5.41, 5.74) is 0. The first-order chi connectivity index (χ1) is 8.38. The molecule has 0 spiro atoms. The number of methoxy groups -OCH3 is 1. The first-order valence-corrected chi connectivity index (χ1v) is 7.66. The van der Waals surface area contributed by atoms with Gasteiger partial charge in [0, 0.05) is 6.54 Å². The van der Waals surface area contributed by atoms with Crippen molar-refractivity contribution >= 4 is 21.7 Å². The van der Waals surface area contributed by atoms with E-state index in [1.165, 1.54) is 0 Å². The standard InChI is InChI=1S/C11H21NO5S/c1-4-6-7-9(11(14)17-3)18(15,16)8-10(13)12-5-2/h9H,4-8H2,1-3H3,(H,12,13). The van der Waals surface area contributed by atoms with Crippen molar-refractivity contribution in [3.8, 4) is 0 Å². The number of esters is 1. The minimum atomic E-state index is -3.81. The van der Waals surface area contributed by atoms with Gasteiger partial charge in [0.15, 0.2) is 15.1 Å². The second kappa shape index (κ2) is 8.07. The third-order valence-electron chi connectivity index (χ3n) is 2.42. The highest BCUT2D eigenvalue weighted by Crippen LogP contribution is 2.13. The number of sulfone groups is 1. The first-order valence-electron chi connectivity index (χ1n) is 5.95. The van der Waals surface area contributed by atoms with Crippen LogP contribution in [0.15, 0.2) is 0 Å². The summed E-state index contributed by atoms with van der Waals surface area (Å²) in [6, 6.07) is 0. The fourth-order valence-electron chi connectivity index (χ4n) is 1.50. The van der Waals surface area contributed by atoms with Gasteiger partial charge in [0.2, 0.25) is 5.91 Å². The van der Waals surface area contributed by atoms with Crippen molar-refractivity contribution in [1.82, 2.24) is 5.32 Å². The maximum atomic E-state index is 12.0. The number of hydrogen-bond acceptors (Lipinski definition) is 5. The molecule has 0 aliphatic carbocycles. The quantitative estimate of drug-likeness (QED) is 0.644. The zero-order chi connectivity index (χ0) is 14.2. The van der Waals surface area contributed by atoms with Crippen molar-refractivity contribution in [3.05, 3.63) is 0 Å².